The number of nitrogens with one attached hydrogen (secondary N) is 2. The summed E-state index contributed by atoms with van der Waals surface area (Å²) in [6, 6.07) is 6.19. The van der Waals surface area contributed by atoms with Gasteiger partial charge in [-0.25, -0.2) is 0 Å². The zero-order valence-electron chi connectivity index (χ0n) is 11.3. The van der Waals surface area contributed by atoms with E-state index < -0.39 is 5.60 Å². The second-order valence-electron chi connectivity index (χ2n) is 4.67. The van der Waals surface area contributed by atoms with Crippen molar-refractivity contribution in [3.8, 4) is 0 Å². The average molecular weight is 236 g/mol. The normalized spacial score (nSPS) is 13.2. The van der Waals surface area contributed by atoms with Gasteiger partial charge in [0.15, 0.2) is 0 Å². The van der Waals surface area contributed by atoms with Crippen LogP contribution >= 0.6 is 0 Å². The number of benzene rings is 1. The first-order valence-corrected chi connectivity index (χ1v) is 6.38. The molecule has 1 aromatic rings. The van der Waals surface area contributed by atoms with Crippen LogP contribution in [0.5, 0.6) is 0 Å². The molecule has 1 aromatic carbocycles. The van der Waals surface area contributed by atoms with Gasteiger partial charge in [0.25, 0.3) is 0 Å². The van der Waals surface area contributed by atoms with Crippen molar-refractivity contribution in [2.24, 2.45) is 0 Å². The summed E-state index contributed by atoms with van der Waals surface area (Å²) >= 11 is 0. The molecule has 0 fully saturated rings. The Morgan fingerprint density at radius 3 is 2.71 bits per heavy atom. The molecule has 0 aliphatic carbocycles. The Kier molecular flexibility index (Phi) is 4.82. The molecule has 1 aliphatic heterocycles. The van der Waals surface area contributed by atoms with Gasteiger partial charge in [0.05, 0.1) is 5.60 Å². The van der Waals surface area contributed by atoms with Crippen molar-refractivity contribution in [2.75, 3.05) is 23.7 Å². The van der Waals surface area contributed by atoms with Crippen molar-refractivity contribution in [2.45, 2.75) is 39.7 Å². The van der Waals surface area contributed by atoms with Crippen LogP contribution < -0.4 is 10.6 Å². The van der Waals surface area contributed by atoms with Gasteiger partial charge in [0.1, 0.15) is 0 Å². The van der Waals surface area contributed by atoms with Gasteiger partial charge in [0.2, 0.25) is 0 Å². The summed E-state index contributed by atoms with van der Waals surface area (Å²) in [7, 11) is 0. The van der Waals surface area contributed by atoms with Gasteiger partial charge < -0.3 is 15.7 Å². The quantitative estimate of drug-likeness (QED) is 0.756. The minimum atomic E-state index is -0.672. The Bertz CT molecular complexity index is 356. The van der Waals surface area contributed by atoms with Crippen LogP contribution in [0.15, 0.2) is 18.2 Å². The van der Waals surface area contributed by atoms with Crippen LogP contribution in [0.3, 0.4) is 0 Å². The fraction of sp³-hybridized carbons (Fsp3) is 0.571. The maximum absolute atomic E-state index is 9.65. The summed E-state index contributed by atoms with van der Waals surface area (Å²) < 4.78 is 0. The molecule has 2 rings (SSSR count). The lowest BCUT2D eigenvalue weighted by Crippen LogP contribution is -2.29. The standard InChI is InChI=1S/C12H18N2O.C2H6/c1-12(2,15)8-14-11-5-3-4-10-9(11)6-7-13-10;1-2/h3-5,13-15H,6-8H2,1-2H3;1-2H3. The highest BCUT2D eigenvalue weighted by molar-refractivity contribution is 5.68. The second kappa shape index (κ2) is 5.92. The summed E-state index contributed by atoms with van der Waals surface area (Å²) in [5.41, 5.74) is 3.02. The highest BCUT2D eigenvalue weighted by Crippen LogP contribution is 2.29. The number of rotatable bonds is 3. The van der Waals surface area contributed by atoms with Crippen LogP contribution in [0.1, 0.15) is 33.3 Å². The fourth-order valence-electron chi connectivity index (χ4n) is 1.82. The SMILES string of the molecule is CC.CC(C)(O)CNc1cccc2c1CCN2. The van der Waals surface area contributed by atoms with Crippen molar-refractivity contribution in [1.29, 1.82) is 0 Å². The molecule has 17 heavy (non-hydrogen) atoms. The van der Waals surface area contributed by atoms with Gasteiger partial charge in [-0.1, -0.05) is 19.9 Å². The molecule has 1 aliphatic rings. The smallest absolute Gasteiger partial charge is 0.0763 e. The summed E-state index contributed by atoms with van der Waals surface area (Å²) in [6.07, 6.45) is 1.06. The first-order valence-electron chi connectivity index (χ1n) is 6.38. The van der Waals surface area contributed by atoms with E-state index in [4.69, 9.17) is 0 Å². The Morgan fingerprint density at radius 1 is 1.35 bits per heavy atom. The number of hydrogen-bond donors (Lipinski definition) is 3. The van der Waals surface area contributed by atoms with Crippen LogP contribution in [0.2, 0.25) is 0 Å². The van der Waals surface area contributed by atoms with E-state index in [0.717, 1.165) is 18.7 Å². The maximum atomic E-state index is 9.65. The van der Waals surface area contributed by atoms with Gasteiger partial charge in [-0.3, -0.25) is 0 Å². The molecule has 0 amide bonds. The minimum Gasteiger partial charge on any atom is -0.389 e. The van der Waals surface area contributed by atoms with Crippen LogP contribution in [0.25, 0.3) is 0 Å². The molecule has 96 valence electrons. The molecule has 0 saturated carbocycles. The number of fused-ring (bicyclic) bond motifs is 1. The Hall–Kier alpha value is -1.22. The third-order valence-corrected chi connectivity index (χ3v) is 2.58. The first-order chi connectivity index (χ1) is 8.06. The van der Waals surface area contributed by atoms with Crippen molar-refractivity contribution < 1.29 is 5.11 Å². The van der Waals surface area contributed by atoms with E-state index in [1.54, 1.807) is 13.8 Å². The molecule has 0 unspecified atom stereocenters. The lowest BCUT2D eigenvalue weighted by Gasteiger charge is -2.19. The Labute approximate surface area is 104 Å². The topological polar surface area (TPSA) is 44.3 Å². The predicted octanol–water partition coefficient (Wildman–Crippen LogP) is 2.86. The molecule has 0 saturated heterocycles. The monoisotopic (exact) mass is 236 g/mol. The van der Waals surface area contributed by atoms with E-state index in [1.165, 1.54) is 11.3 Å². The molecule has 0 spiro atoms. The zero-order chi connectivity index (χ0) is 12.9. The Morgan fingerprint density at radius 2 is 2.06 bits per heavy atom. The van der Waals surface area contributed by atoms with E-state index in [-0.39, 0.29) is 0 Å². The molecule has 0 radical (unpaired) electrons. The minimum absolute atomic E-state index is 0.573. The molecule has 0 aromatic heterocycles. The molecule has 0 atom stereocenters. The van der Waals surface area contributed by atoms with Crippen LogP contribution in [0.4, 0.5) is 11.4 Å². The summed E-state index contributed by atoms with van der Waals surface area (Å²) in [5.74, 6) is 0. The van der Waals surface area contributed by atoms with Gasteiger partial charge in [-0.2, -0.15) is 0 Å². The summed E-state index contributed by atoms with van der Waals surface area (Å²) in [4.78, 5) is 0. The largest absolute Gasteiger partial charge is 0.389 e. The number of aliphatic hydroxyl groups is 1. The fourth-order valence-corrected chi connectivity index (χ4v) is 1.82. The highest BCUT2D eigenvalue weighted by atomic mass is 16.3. The van der Waals surface area contributed by atoms with Crippen molar-refractivity contribution >= 4 is 11.4 Å². The maximum Gasteiger partial charge on any atom is 0.0763 e. The highest BCUT2D eigenvalue weighted by Gasteiger charge is 2.16. The number of anilines is 2. The van der Waals surface area contributed by atoms with Crippen LogP contribution in [-0.4, -0.2) is 23.8 Å². The van der Waals surface area contributed by atoms with Crippen molar-refractivity contribution in [3.05, 3.63) is 23.8 Å². The van der Waals surface area contributed by atoms with Crippen molar-refractivity contribution in [1.82, 2.24) is 0 Å². The third kappa shape index (κ3) is 3.93. The molecule has 1 heterocycles. The van der Waals surface area contributed by atoms with Gasteiger partial charge >= 0.3 is 0 Å². The van der Waals surface area contributed by atoms with E-state index in [2.05, 4.69) is 22.8 Å². The lowest BCUT2D eigenvalue weighted by atomic mass is 10.1. The average Bonchev–Trinajstić information content (AvgIpc) is 2.76. The predicted molar refractivity (Wildman–Crippen MR) is 74.8 cm³/mol. The number of hydrogen-bond acceptors (Lipinski definition) is 3. The molecule has 3 heteroatoms. The van der Waals surface area contributed by atoms with Crippen molar-refractivity contribution in [3.63, 3.8) is 0 Å². The van der Waals surface area contributed by atoms with E-state index in [1.807, 2.05) is 19.9 Å². The second-order valence-corrected chi connectivity index (χ2v) is 4.67. The summed E-state index contributed by atoms with van der Waals surface area (Å²) in [5, 5.41) is 16.3. The van der Waals surface area contributed by atoms with Gasteiger partial charge in [-0.05, 0) is 32.4 Å². The third-order valence-electron chi connectivity index (χ3n) is 2.58. The van der Waals surface area contributed by atoms with E-state index in [9.17, 15) is 5.11 Å². The lowest BCUT2D eigenvalue weighted by molar-refractivity contribution is 0.0945. The zero-order valence-corrected chi connectivity index (χ0v) is 11.3. The van der Waals surface area contributed by atoms with E-state index >= 15 is 0 Å². The van der Waals surface area contributed by atoms with Gasteiger partial charge in [-0.15, -0.1) is 0 Å². The van der Waals surface area contributed by atoms with Crippen LogP contribution in [-0.2, 0) is 6.42 Å². The van der Waals surface area contributed by atoms with Gasteiger partial charge in [0, 0.05) is 30.0 Å². The molecule has 3 N–H and O–H groups in total. The summed E-state index contributed by atoms with van der Waals surface area (Å²) in [6.45, 7) is 9.20. The van der Waals surface area contributed by atoms with Crippen LogP contribution in [0, 0.1) is 0 Å². The molecule has 3 nitrogen and oxygen atoms in total. The first kappa shape index (κ1) is 13.8. The van der Waals surface area contributed by atoms with E-state index in [0.29, 0.717) is 6.54 Å². The molecular weight excluding hydrogens is 212 g/mol. The molecule has 0 bridgehead atoms. The molecular formula is C14H24N2O. The Balaban J connectivity index is 0.000000686.